The van der Waals surface area contributed by atoms with Gasteiger partial charge in [-0.2, -0.15) is 0 Å². The van der Waals surface area contributed by atoms with E-state index in [1.807, 2.05) is 0 Å². The van der Waals surface area contributed by atoms with E-state index in [1.54, 1.807) is 91.0 Å². The van der Waals surface area contributed by atoms with Crippen molar-refractivity contribution in [3.05, 3.63) is 166 Å². The molecule has 0 radical (unpaired) electrons. The van der Waals surface area contributed by atoms with Crippen molar-refractivity contribution >= 4 is 12.6 Å². The van der Waals surface area contributed by atoms with E-state index in [2.05, 4.69) is 5.32 Å². The summed E-state index contributed by atoms with van der Waals surface area (Å²) < 4.78 is 116. The second kappa shape index (κ2) is 11.8. The molecule has 1 N–H and O–H groups in total. The number of hydrogen-bond acceptors (Lipinski definition) is 3. The van der Waals surface area contributed by atoms with Gasteiger partial charge in [0.05, 0.1) is 11.5 Å². The van der Waals surface area contributed by atoms with Crippen molar-refractivity contribution in [1.29, 1.82) is 0 Å². The minimum atomic E-state index is -2.44. The molecule has 5 aromatic carbocycles. The molecule has 1 atom stereocenters. The van der Waals surface area contributed by atoms with Crippen molar-refractivity contribution in [2.75, 3.05) is 0 Å². The fourth-order valence-corrected chi connectivity index (χ4v) is 5.55. The van der Waals surface area contributed by atoms with Crippen LogP contribution < -0.4 is 15.4 Å². The Hall–Kier alpha value is -4.61. The number of nitrogens with one attached hydrogen (secondary N) is 1. The van der Waals surface area contributed by atoms with Gasteiger partial charge in [-0.05, 0) is 22.8 Å². The minimum absolute atomic E-state index is 0.127. The molecule has 222 valence electrons. The smallest absolute Gasteiger partial charge is 0.530 e. The van der Waals surface area contributed by atoms with Crippen LogP contribution in [0.5, 0.6) is 5.75 Å². The molecule has 5 aromatic rings. The predicted molar refractivity (Wildman–Crippen MR) is 149 cm³/mol. The molecule has 0 aliphatic carbocycles. The maximum absolute atomic E-state index is 15.5. The average Bonchev–Trinajstić information content (AvgIpc) is 3.11. The molecule has 0 bridgehead atoms. The average molecular weight is 607 g/mol. The topological polar surface area (TPSA) is 30.5 Å². The van der Waals surface area contributed by atoms with Crippen LogP contribution in [-0.2, 0) is 16.8 Å². The van der Waals surface area contributed by atoms with Gasteiger partial charge in [-0.1, -0.05) is 91.0 Å². The van der Waals surface area contributed by atoms with E-state index in [0.29, 0.717) is 22.8 Å². The van der Waals surface area contributed by atoms with E-state index in [0.717, 1.165) is 6.07 Å². The van der Waals surface area contributed by atoms with Gasteiger partial charge >= 0.3 is 7.12 Å². The summed E-state index contributed by atoms with van der Waals surface area (Å²) in [5.74, 6) is -14.3. The summed E-state index contributed by atoms with van der Waals surface area (Å²) in [7, 11) is -2.44. The highest BCUT2D eigenvalue weighted by atomic mass is 19.2. The third-order valence-electron chi connectivity index (χ3n) is 7.52. The molecule has 0 fully saturated rings. The number of benzene rings is 5. The molecule has 6 rings (SSSR count). The first-order chi connectivity index (χ1) is 21.2. The summed E-state index contributed by atoms with van der Waals surface area (Å²) in [6.45, 7) is -0.252. The Bertz CT molecular complexity index is 1740. The third-order valence-corrected chi connectivity index (χ3v) is 7.52. The second-order valence-electron chi connectivity index (χ2n) is 10.1. The summed E-state index contributed by atoms with van der Waals surface area (Å²) >= 11 is 0. The Morgan fingerprint density at radius 3 is 1.68 bits per heavy atom. The quantitative estimate of drug-likeness (QED) is 0.101. The number of halogens is 7. The van der Waals surface area contributed by atoms with E-state index in [-0.39, 0.29) is 12.1 Å². The van der Waals surface area contributed by atoms with Crippen LogP contribution in [0.25, 0.3) is 0 Å². The van der Waals surface area contributed by atoms with Crippen molar-refractivity contribution in [3.8, 4) is 5.75 Å². The maximum Gasteiger partial charge on any atom is 0.570 e. The van der Waals surface area contributed by atoms with E-state index < -0.39 is 70.7 Å². The number of fused-ring (bicyclic) bond motifs is 1. The Balaban J connectivity index is 1.73. The molecule has 44 heavy (non-hydrogen) atoms. The van der Waals surface area contributed by atoms with Crippen LogP contribution in [0, 0.1) is 40.7 Å². The van der Waals surface area contributed by atoms with Gasteiger partial charge in [-0.15, -0.1) is 0 Å². The molecule has 0 saturated carbocycles. The van der Waals surface area contributed by atoms with Crippen LogP contribution >= 0.6 is 0 Å². The second-order valence-corrected chi connectivity index (χ2v) is 10.1. The van der Waals surface area contributed by atoms with Gasteiger partial charge in [0.25, 0.3) is 0 Å². The first-order valence-corrected chi connectivity index (χ1v) is 13.5. The fourth-order valence-electron chi connectivity index (χ4n) is 5.55. The van der Waals surface area contributed by atoms with Crippen molar-refractivity contribution in [2.45, 2.75) is 18.2 Å². The lowest BCUT2D eigenvalue weighted by Gasteiger charge is -2.43. The first-order valence-electron chi connectivity index (χ1n) is 13.5. The highest BCUT2D eigenvalue weighted by Gasteiger charge is 2.51. The molecule has 0 unspecified atom stereocenters. The van der Waals surface area contributed by atoms with E-state index >= 15 is 13.2 Å². The Morgan fingerprint density at radius 1 is 0.636 bits per heavy atom. The molecular formula is C33H21BF7NO2. The van der Waals surface area contributed by atoms with Crippen LogP contribution in [0.4, 0.5) is 30.7 Å². The van der Waals surface area contributed by atoms with Gasteiger partial charge < -0.3 is 14.6 Å². The summed E-state index contributed by atoms with van der Waals surface area (Å²) in [4.78, 5) is 0. The van der Waals surface area contributed by atoms with Crippen molar-refractivity contribution in [3.63, 3.8) is 0 Å². The summed E-state index contributed by atoms with van der Waals surface area (Å²) in [5.41, 5.74) is -2.09. The first kappa shape index (κ1) is 29.5. The summed E-state index contributed by atoms with van der Waals surface area (Å²) in [6, 6.07) is 25.9. The Morgan fingerprint density at radius 2 is 1.14 bits per heavy atom. The van der Waals surface area contributed by atoms with Gasteiger partial charge in [0.2, 0.25) is 0 Å². The number of hydrogen-bond donors (Lipinski definition) is 1. The lowest BCUT2D eigenvalue weighted by atomic mass is 9.71. The molecule has 1 aliphatic rings. The zero-order valence-electron chi connectivity index (χ0n) is 22.6. The highest BCUT2D eigenvalue weighted by molar-refractivity contribution is 6.62. The Kier molecular flexibility index (Phi) is 7.92. The number of rotatable bonds is 4. The summed E-state index contributed by atoms with van der Waals surface area (Å²) in [5, 5.41) is 3.28. The van der Waals surface area contributed by atoms with Crippen molar-refractivity contribution in [1.82, 2.24) is 5.32 Å². The normalized spacial score (nSPS) is 16.3. The van der Waals surface area contributed by atoms with E-state index in [9.17, 15) is 17.6 Å². The van der Waals surface area contributed by atoms with Crippen molar-refractivity contribution in [2.24, 2.45) is 0 Å². The molecular weight excluding hydrogens is 586 g/mol. The molecule has 1 heterocycles. The van der Waals surface area contributed by atoms with Gasteiger partial charge in [0.1, 0.15) is 17.2 Å². The van der Waals surface area contributed by atoms with Gasteiger partial charge in [0, 0.05) is 18.2 Å². The molecule has 11 heteroatoms. The molecule has 0 saturated heterocycles. The van der Waals surface area contributed by atoms with Crippen molar-refractivity contribution < 1.29 is 40.0 Å². The maximum atomic E-state index is 15.5. The van der Waals surface area contributed by atoms with Crippen LogP contribution in [-0.4, -0.2) is 7.12 Å². The van der Waals surface area contributed by atoms with Crippen LogP contribution in [0.15, 0.2) is 103 Å². The largest absolute Gasteiger partial charge is 0.570 e. The summed E-state index contributed by atoms with van der Waals surface area (Å²) in [6.07, 6.45) is 0. The monoisotopic (exact) mass is 607 g/mol. The standard InChI is InChI=1S/C33H21BF7NO2/c35-23-16-20-18-42-32(19-10-4-1-5-11-19)33(21-12-6-2-7-13-21,22-14-8-3-9-15-22)44-34(43-31(20)24(36)17-23)25-26(37)28(39)30(41)29(40)27(25)38/h1-17,32,42H,18H2/t32-/m1/s1. The molecule has 1 aliphatic heterocycles. The highest BCUT2D eigenvalue weighted by Crippen LogP contribution is 2.46. The van der Waals surface area contributed by atoms with E-state index in [4.69, 9.17) is 9.31 Å². The van der Waals surface area contributed by atoms with Crippen LogP contribution in [0.3, 0.4) is 0 Å². The molecule has 0 amide bonds. The van der Waals surface area contributed by atoms with Gasteiger partial charge in [-0.3, -0.25) is 0 Å². The molecule has 0 spiro atoms. The molecule has 0 aromatic heterocycles. The lowest BCUT2D eigenvalue weighted by molar-refractivity contribution is 0.0488. The van der Waals surface area contributed by atoms with Crippen LogP contribution in [0.1, 0.15) is 28.3 Å². The predicted octanol–water partition coefficient (Wildman–Crippen LogP) is 7.24. The zero-order valence-corrected chi connectivity index (χ0v) is 22.6. The third kappa shape index (κ3) is 5.01. The minimum Gasteiger partial charge on any atom is -0.530 e. The fraction of sp³-hybridized carbons (Fsp3) is 0.0909. The van der Waals surface area contributed by atoms with E-state index in [1.165, 1.54) is 0 Å². The SMILES string of the molecule is Fc1cc(F)c2c(c1)CN[C@H](c1ccccc1)C(c1ccccc1)(c1ccccc1)OB(c1c(F)c(F)c(F)c(F)c1F)O2. The lowest BCUT2D eigenvalue weighted by Crippen LogP contribution is -2.54. The molecule has 3 nitrogen and oxygen atoms in total. The van der Waals surface area contributed by atoms with Gasteiger partial charge in [-0.25, -0.2) is 30.7 Å². The van der Waals surface area contributed by atoms with Gasteiger partial charge in [0.15, 0.2) is 34.9 Å². The van der Waals surface area contributed by atoms with Crippen LogP contribution in [0.2, 0.25) is 0 Å². The zero-order chi connectivity index (χ0) is 31.0. The Labute approximate surface area is 248 Å².